The predicted molar refractivity (Wildman–Crippen MR) is 130 cm³/mol. The first-order valence-electron chi connectivity index (χ1n) is 10.6. The van der Waals surface area contributed by atoms with E-state index in [1.165, 1.54) is 11.3 Å². The maximum Gasteiger partial charge on any atom is 0.150 e. The Labute approximate surface area is 186 Å². The standard InChI is InChI=1S/C27H24N2OS/c30-31(26-17-15-22(16-18-26)21-8-2-1-3-9-21)28-24-12-6-13-25(20-24)29-19-7-11-23-10-4-5-14-27(23)29/h1-6,8-10,12-18,20,28H,7,11,19H2. The van der Waals surface area contributed by atoms with Gasteiger partial charge in [0.2, 0.25) is 0 Å². The number of para-hydroxylation sites is 1. The molecule has 154 valence electrons. The number of hydrogen-bond donors (Lipinski definition) is 1. The van der Waals surface area contributed by atoms with Gasteiger partial charge in [-0.2, -0.15) is 0 Å². The van der Waals surface area contributed by atoms with E-state index in [4.69, 9.17) is 0 Å². The third-order valence-corrected chi connectivity index (χ3v) is 6.78. The first-order valence-corrected chi connectivity index (χ1v) is 11.7. The van der Waals surface area contributed by atoms with Crippen molar-refractivity contribution in [3.63, 3.8) is 0 Å². The van der Waals surface area contributed by atoms with Crippen LogP contribution in [0.1, 0.15) is 12.0 Å². The molecule has 0 radical (unpaired) electrons. The Morgan fingerprint density at radius 1 is 0.742 bits per heavy atom. The van der Waals surface area contributed by atoms with Gasteiger partial charge in [0, 0.05) is 23.6 Å². The van der Waals surface area contributed by atoms with E-state index in [0.29, 0.717) is 0 Å². The van der Waals surface area contributed by atoms with Gasteiger partial charge < -0.3 is 9.62 Å². The number of nitrogens with one attached hydrogen (secondary N) is 1. The molecule has 1 aliphatic rings. The van der Waals surface area contributed by atoms with Crippen molar-refractivity contribution in [3.05, 3.63) is 109 Å². The van der Waals surface area contributed by atoms with E-state index < -0.39 is 11.0 Å². The Morgan fingerprint density at radius 3 is 2.32 bits per heavy atom. The Hall–Kier alpha value is -3.37. The van der Waals surface area contributed by atoms with E-state index in [-0.39, 0.29) is 0 Å². The van der Waals surface area contributed by atoms with Crippen LogP contribution in [0.15, 0.2) is 108 Å². The number of benzene rings is 4. The highest BCUT2D eigenvalue weighted by atomic mass is 32.2. The molecule has 3 nitrogen and oxygen atoms in total. The molecule has 4 heteroatoms. The first-order chi connectivity index (χ1) is 15.3. The zero-order chi connectivity index (χ0) is 21.0. The fraction of sp³-hybridized carbons (Fsp3) is 0.111. The highest BCUT2D eigenvalue weighted by Gasteiger charge is 2.18. The van der Waals surface area contributed by atoms with Crippen LogP contribution in [0.3, 0.4) is 0 Å². The molecule has 4 aromatic rings. The van der Waals surface area contributed by atoms with Crippen molar-refractivity contribution in [2.24, 2.45) is 0 Å². The lowest BCUT2D eigenvalue weighted by Crippen LogP contribution is -2.24. The summed E-state index contributed by atoms with van der Waals surface area (Å²) < 4.78 is 16.1. The fourth-order valence-corrected chi connectivity index (χ4v) is 4.95. The highest BCUT2D eigenvalue weighted by molar-refractivity contribution is 7.86. The van der Waals surface area contributed by atoms with Crippen LogP contribution >= 0.6 is 0 Å². The Balaban J connectivity index is 1.34. The van der Waals surface area contributed by atoms with Crippen LogP contribution in [-0.4, -0.2) is 10.8 Å². The summed E-state index contributed by atoms with van der Waals surface area (Å²) in [6.07, 6.45) is 2.25. The average Bonchev–Trinajstić information content (AvgIpc) is 2.84. The fourth-order valence-electron chi connectivity index (χ4n) is 4.11. The molecule has 1 N–H and O–H groups in total. The SMILES string of the molecule is O=S(Nc1cccc(N2CCCc3ccccc32)c1)c1ccc(-c2ccccc2)cc1. The number of aryl methyl sites for hydroxylation is 1. The molecule has 0 amide bonds. The Morgan fingerprint density at radius 2 is 1.48 bits per heavy atom. The molecule has 0 aromatic heterocycles. The molecule has 1 aliphatic heterocycles. The summed E-state index contributed by atoms with van der Waals surface area (Å²) in [5, 5.41) is 0. The van der Waals surface area contributed by atoms with Gasteiger partial charge >= 0.3 is 0 Å². The van der Waals surface area contributed by atoms with Crippen LogP contribution in [0.25, 0.3) is 11.1 Å². The summed E-state index contributed by atoms with van der Waals surface area (Å²) >= 11 is 0. The largest absolute Gasteiger partial charge is 0.341 e. The van der Waals surface area contributed by atoms with Crippen molar-refractivity contribution in [1.29, 1.82) is 0 Å². The molecule has 5 rings (SSSR count). The normalized spacial score (nSPS) is 14.0. The Kier molecular flexibility index (Phi) is 5.55. The van der Waals surface area contributed by atoms with Crippen LogP contribution in [0, 0.1) is 0 Å². The monoisotopic (exact) mass is 424 g/mol. The zero-order valence-corrected chi connectivity index (χ0v) is 18.0. The van der Waals surface area contributed by atoms with E-state index in [2.05, 4.69) is 58.2 Å². The molecule has 31 heavy (non-hydrogen) atoms. The first kappa shape index (κ1) is 19.6. The van der Waals surface area contributed by atoms with Crippen LogP contribution in [0.5, 0.6) is 0 Å². The highest BCUT2D eigenvalue weighted by Crippen LogP contribution is 2.34. The van der Waals surface area contributed by atoms with Gasteiger partial charge in [-0.1, -0.05) is 66.7 Å². The van der Waals surface area contributed by atoms with Crippen molar-refractivity contribution in [3.8, 4) is 11.1 Å². The lowest BCUT2D eigenvalue weighted by molar-refractivity contribution is 0.686. The molecule has 4 aromatic carbocycles. The number of nitrogens with zero attached hydrogens (tertiary/aromatic N) is 1. The van der Waals surface area contributed by atoms with Crippen LogP contribution in [0.2, 0.25) is 0 Å². The van der Waals surface area contributed by atoms with Crippen molar-refractivity contribution in [2.45, 2.75) is 17.7 Å². The summed E-state index contributed by atoms with van der Waals surface area (Å²) in [6, 6.07) is 34.9. The maximum atomic E-state index is 12.9. The molecule has 0 bridgehead atoms. The minimum atomic E-state index is -1.33. The molecule has 0 aliphatic carbocycles. The second-order valence-electron chi connectivity index (χ2n) is 7.70. The Bertz CT molecular complexity index is 1210. The van der Waals surface area contributed by atoms with Crippen LogP contribution in [0.4, 0.5) is 17.1 Å². The van der Waals surface area contributed by atoms with Gasteiger partial charge in [0.05, 0.1) is 4.90 Å². The second-order valence-corrected chi connectivity index (χ2v) is 8.91. The summed E-state index contributed by atoms with van der Waals surface area (Å²) in [4.78, 5) is 3.11. The maximum absolute atomic E-state index is 12.9. The van der Waals surface area contributed by atoms with Gasteiger partial charge in [-0.3, -0.25) is 0 Å². The summed E-state index contributed by atoms with van der Waals surface area (Å²) in [6.45, 7) is 0.991. The molecular formula is C27H24N2OS. The van der Waals surface area contributed by atoms with Crippen LogP contribution < -0.4 is 9.62 Å². The lowest BCUT2D eigenvalue weighted by atomic mass is 10.0. The third-order valence-electron chi connectivity index (χ3n) is 5.65. The van der Waals surface area contributed by atoms with E-state index in [9.17, 15) is 4.21 Å². The van der Waals surface area contributed by atoms with Gasteiger partial charge in [-0.05, 0) is 65.9 Å². The van der Waals surface area contributed by atoms with Crippen molar-refractivity contribution in [1.82, 2.24) is 0 Å². The molecule has 1 unspecified atom stereocenters. The molecule has 0 fully saturated rings. The number of hydrogen-bond acceptors (Lipinski definition) is 2. The van der Waals surface area contributed by atoms with Gasteiger partial charge in [-0.15, -0.1) is 0 Å². The van der Waals surface area contributed by atoms with Gasteiger partial charge in [0.1, 0.15) is 11.0 Å². The van der Waals surface area contributed by atoms with Crippen molar-refractivity contribution < 1.29 is 4.21 Å². The zero-order valence-electron chi connectivity index (χ0n) is 17.2. The van der Waals surface area contributed by atoms with E-state index in [0.717, 1.165) is 46.8 Å². The van der Waals surface area contributed by atoms with Crippen LogP contribution in [-0.2, 0) is 17.4 Å². The quantitative estimate of drug-likeness (QED) is 0.393. The summed E-state index contributed by atoms with van der Waals surface area (Å²) in [5.41, 5.74) is 6.90. The predicted octanol–water partition coefficient (Wildman–Crippen LogP) is 6.57. The van der Waals surface area contributed by atoms with Gasteiger partial charge in [-0.25, -0.2) is 4.21 Å². The molecule has 0 saturated heterocycles. The summed E-state index contributed by atoms with van der Waals surface area (Å²) in [7, 11) is -1.33. The number of anilines is 3. The van der Waals surface area contributed by atoms with Crippen molar-refractivity contribution >= 4 is 28.0 Å². The molecular weight excluding hydrogens is 400 g/mol. The minimum absolute atomic E-state index is 0.758. The van der Waals surface area contributed by atoms with E-state index in [1.807, 2.05) is 54.6 Å². The molecule has 1 atom stereocenters. The molecule has 0 spiro atoms. The topological polar surface area (TPSA) is 32.3 Å². The van der Waals surface area contributed by atoms with E-state index in [1.54, 1.807) is 0 Å². The minimum Gasteiger partial charge on any atom is -0.341 e. The smallest absolute Gasteiger partial charge is 0.150 e. The summed E-state index contributed by atoms with van der Waals surface area (Å²) in [5.74, 6) is 0. The lowest BCUT2D eigenvalue weighted by Gasteiger charge is -2.31. The molecule has 0 saturated carbocycles. The van der Waals surface area contributed by atoms with Gasteiger partial charge in [0.15, 0.2) is 0 Å². The third kappa shape index (κ3) is 4.25. The number of fused-ring (bicyclic) bond motifs is 1. The van der Waals surface area contributed by atoms with Gasteiger partial charge in [0.25, 0.3) is 0 Å². The average molecular weight is 425 g/mol. The number of rotatable bonds is 5. The van der Waals surface area contributed by atoms with Crippen molar-refractivity contribution in [2.75, 3.05) is 16.2 Å². The van der Waals surface area contributed by atoms with E-state index >= 15 is 0 Å². The molecule has 1 heterocycles. The second kappa shape index (κ2) is 8.78.